The van der Waals surface area contributed by atoms with Crippen LogP contribution in [0.5, 0.6) is 0 Å². The van der Waals surface area contributed by atoms with Crippen molar-refractivity contribution in [1.82, 2.24) is 15.3 Å². The minimum Gasteiger partial charge on any atom is -0.353 e. The highest BCUT2D eigenvalue weighted by atomic mass is 32.2. The van der Waals surface area contributed by atoms with E-state index in [9.17, 15) is 4.79 Å². The highest BCUT2D eigenvalue weighted by Gasteiger charge is 2.15. The molecule has 1 aromatic heterocycles. The number of aromatic amines is 1. The summed E-state index contributed by atoms with van der Waals surface area (Å²) in [6, 6.07) is 20.3. The van der Waals surface area contributed by atoms with E-state index in [0.717, 1.165) is 27.7 Å². The molecule has 0 spiro atoms. The average molecular weight is 351 g/mol. The number of benzene rings is 2. The largest absolute Gasteiger partial charge is 0.353 e. The molecule has 3 rings (SSSR count). The summed E-state index contributed by atoms with van der Waals surface area (Å²) < 4.78 is 0. The van der Waals surface area contributed by atoms with Crippen molar-refractivity contribution in [2.75, 3.05) is 5.75 Å². The summed E-state index contributed by atoms with van der Waals surface area (Å²) in [6.07, 6.45) is 0. The third-order valence-corrected chi connectivity index (χ3v) is 4.45. The maximum absolute atomic E-state index is 11.9. The van der Waals surface area contributed by atoms with E-state index in [4.69, 9.17) is 4.98 Å². The lowest BCUT2D eigenvalue weighted by atomic mass is 10.1. The summed E-state index contributed by atoms with van der Waals surface area (Å²) in [5.74, 6) is 0.354. The van der Waals surface area contributed by atoms with Crippen LogP contribution in [0.1, 0.15) is 13.8 Å². The molecule has 2 N–H and O–H groups in total. The number of nitrogens with one attached hydrogen (secondary N) is 2. The number of imidazole rings is 1. The smallest absolute Gasteiger partial charge is 0.230 e. The van der Waals surface area contributed by atoms with Crippen LogP contribution in [0.2, 0.25) is 0 Å². The minimum absolute atomic E-state index is 0.0129. The number of carbonyl (C=O) groups is 1. The summed E-state index contributed by atoms with van der Waals surface area (Å²) in [5, 5.41) is 3.64. The lowest BCUT2D eigenvalue weighted by Crippen LogP contribution is -2.31. The molecule has 3 aromatic rings. The average Bonchev–Trinajstić information content (AvgIpc) is 3.05. The third-order valence-electron chi connectivity index (χ3n) is 3.58. The van der Waals surface area contributed by atoms with Crippen molar-refractivity contribution in [3.8, 4) is 22.5 Å². The van der Waals surface area contributed by atoms with Crippen LogP contribution in [-0.2, 0) is 4.79 Å². The van der Waals surface area contributed by atoms with Gasteiger partial charge in [0.05, 0.1) is 17.1 Å². The number of nitrogens with zero attached hydrogens (tertiary/aromatic N) is 1. The molecular formula is C20H21N3OS. The molecule has 128 valence electrons. The molecule has 2 aromatic carbocycles. The Morgan fingerprint density at radius 2 is 1.64 bits per heavy atom. The van der Waals surface area contributed by atoms with Crippen LogP contribution < -0.4 is 5.32 Å². The van der Waals surface area contributed by atoms with E-state index >= 15 is 0 Å². The van der Waals surface area contributed by atoms with Gasteiger partial charge in [0.1, 0.15) is 0 Å². The highest BCUT2D eigenvalue weighted by Crippen LogP contribution is 2.32. The summed E-state index contributed by atoms with van der Waals surface area (Å²) in [4.78, 5) is 20.0. The normalized spacial score (nSPS) is 10.8. The summed E-state index contributed by atoms with van der Waals surface area (Å²) in [6.45, 7) is 3.91. The molecule has 1 heterocycles. The Labute approximate surface area is 152 Å². The fourth-order valence-corrected chi connectivity index (χ4v) is 3.22. The molecule has 0 bridgehead atoms. The summed E-state index contributed by atoms with van der Waals surface area (Å²) in [5.41, 5.74) is 4.00. The Bertz CT molecular complexity index is 772. The zero-order valence-corrected chi connectivity index (χ0v) is 15.1. The lowest BCUT2D eigenvalue weighted by molar-refractivity contribution is -0.119. The van der Waals surface area contributed by atoms with Gasteiger partial charge in [-0.2, -0.15) is 0 Å². The number of hydrogen-bond acceptors (Lipinski definition) is 3. The van der Waals surface area contributed by atoms with Crippen molar-refractivity contribution in [1.29, 1.82) is 0 Å². The first kappa shape index (κ1) is 17.3. The van der Waals surface area contributed by atoms with Crippen LogP contribution in [0.4, 0.5) is 0 Å². The second kappa shape index (κ2) is 8.03. The van der Waals surface area contributed by atoms with E-state index in [2.05, 4.69) is 22.4 Å². The van der Waals surface area contributed by atoms with E-state index in [1.807, 2.05) is 62.4 Å². The Morgan fingerprint density at radius 1 is 1.04 bits per heavy atom. The highest BCUT2D eigenvalue weighted by molar-refractivity contribution is 7.99. The van der Waals surface area contributed by atoms with Crippen LogP contribution in [0.15, 0.2) is 65.8 Å². The van der Waals surface area contributed by atoms with E-state index in [0.29, 0.717) is 5.75 Å². The first-order valence-corrected chi connectivity index (χ1v) is 9.25. The van der Waals surface area contributed by atoms with Gasteiger partial charge in [0.15, 0.2) is 5.16 Å². The fraction of sp³-hybridized carbons (Fsp3) is 0.200. The quantitative estimate of drug-likeness (QED) is 0.649. The van der Waals surface area contributed by atoms with Crippen molar-refractivity contribution in [2.45, 2.75) is 25.0 Å². The maximum atomic E-state index is 11.9. The second-order valence-corrected chi connectivity index (χ2v) is 6.97. The standard InChI is InChI=1S/C20H21N3OS/c1-14(2)21-17(24)13-25-20-22-18(15-9-5-3-6-10-15)19(23-20)16-11-7-4-8-12-16/h3-12,14H,13H2,1-2H3,(H,21,24)(H,22,23). The first-order valence-electron chi connectivity index (χ1n) is 8.26. The van der Waals surface area contributed by atoms with Gasteiger partial charge in [0.25, 0.3) is 0 Å². The molecule has 0 atom stereocenters. The van der Waals surface area contributed by atoms with Gasteiger partial charge in [-0.3, -0.25) is 4.79 Å². The molecule has 5 heteroatoms. The Kier molecular flexibility index (Phi) is 5.56. The maximum Gasteiger partial charge on any atom is 0.230 e. The number of thioether (sulfide) groups is 1. The number of H-pyrrole nitrogens is 1. The molecule has 0 aliphatic heterocycles. The van der Waals surface area contributed by atoms with Gasteiger partial charge >= 0.3 is 0 Å². The van der Waals surface area contributed by atoms with Gasteiger partial charge in [0, 0.05) is 17.2 Å². The van der Waals surface area contributed by atoms with Gasteiger partial charge in [-0.1, -0.05) is 72.4 Å². The molecule has 4 nitrogen and oxygen atoms in total. The lowest BCUT2D eigenvalue weighted by Gasteiger charge is -2.06. The van der Waals surface area contributed by atoms with Crippen LogP contribution in [0, 0.1) is 0 Å². The van der Waals surface area contributed by atoms with Crippen molar-refractivity contribution in [3.05, 3.63) is 60.7 Å². The Balaban J connectivity index is 1.89. The van der Waals surface area contributed by atoms with Gasteiger partial charge in [0.2, 0.25) is 5.91 Å². The number of hydrogen-bond donors (Lipinski definition) is 2. The number of aromatic nitrogens is 2. The molecule has 0 fully saturated rings. The molecular weight excluding hydrogens is 330 g/mol. The zero-order chi connectivity index (χ0) is 17.6. The van der Waals surface area contributed by atoms with E-state index in [1.54, 1.807) is 0 Å². The number of carbonyl (C=O) groups excluding carboxylic acids is 1. The molecule has 0 saturated heterocycles. The van der Waals surface area contributed by atoms with Crippen LogP contribution in [0.3, 0.4) is 0 Å². The predicted octanol–water partition coefficient (Wildman–Crippen LogP) is 4.36. The molecule has 25 heavy (non-hydrogen) atoms. The molecule has 0 saturated carbocycles. The number of amides is 1. The van der Waals surface area contributed by atoms with Crippen molar-refractivity contribution in [3.63, 3.8) is 0 Å². The van der Waals surface area contributed by atoms with Crippen LogP contribution in [-0.4, -0.2) is 27.7 Å². The Hall–Kier alpha value is -2.53. The number of rotatable bonds is 6. The van der Waals surface area contributed by atoms with Crippen molar-refractivity contribution < 1.29 is 4.79 Å². The SMILES string of the molecule is CC(C)NC(=O)CSc1nc(-c2ccccc2)c(-c2ccccc2)[nH]1. The summed E-state index contributed by atoms with van der Waals surface area (Å²) >= 11 is 1.42. The predicted molar refractivity (Wildman–Crippen MR) is 103 cm³/mol. The molecule has 0 unspecified atom stereocenters. The van der Waals surface area contributed by atoms with E-state index < -0.39 is 0 Å². The van der Waals surface area contributed by atoms with Gasteiger partial charge in [-0.25, -0.2) is 4.98 Å². The van der Waals surface area contributed by atoms with Crippen molar-refractivity contribution in [2.24, 2.45) is 0 Å². The van der Waals surface area contributed by atoms with Gasteiger partial charge < -0.3 is 10.3 Å². The molecule has 0 aliphatic carbocycles. The second-order valence-electron chi connectivity index (χ2n) is 6.01. The van der Waals surface area contributed by atoms with Crippen LogP contribution in [0.25, 0.3) is 22.5 Å². The monoisotopic (exact) mass is 351 g/mol. The molecule has 1 amide bonds. The molecule has 0 radical (unpaired) electrons. The van der Waals surface area contributed by atoms with Gasteiger partial charge in [-0.15, -0.1) is 0 Å². The Morgan fingerprint density at radius 3 is 2.24 bits per heavy atom. The molecule has 0 aliphatic rings. The van der Waals surface area contributed by atoms with Crippen molar-refractivity contribution >= 4 is 17.7 Å². The zero-order valence-electron chi connectivity index (χ0n) is 14.3. The topological polar surface area (TPSA) is 57.8 Å². The summed E-state index contributed by atoms with van der Waals surface area (Å²) in [7, 11) is 0. The van der Waals surface area contributed by atoms with E-state index in [1.165, 1.54) is 11.8 Å². The minimum atomic E-state index is 0.0129. The third kappa shape index (κ3) is 4.51. The van der Waals surface area contributed by atoms with Gasteiger partial charge in [-0.05, 0) is 13.8 Å². The van der Waals surface area contributed by atoms with E-state index in [-0.39, 0.29) is 11.9 Å². The van der Waals surface area contributed by atoms with Crippen LogP contribution >= 0.6 is 11.8 Å². The first-order chi connectivity index (χ1) is 12.1. The fourth-order valence-electron chi connectivity index (χ4n) is 2.54.